The minimum atomic E-state index is -4.41. The van der Waals surface area contributed by atoms with Crippen molar-refractivity contribution in [3.05, 3.63) is 34.9 Å². The van der Waals surface area contributed by atoms with E-state index in [2.05, 4.69) is 17.8 Å². The highest BCUT2D eigenvalue weighted by molar-refractivity contribution is 5.52. The molecule has 1 aliphatic carbocycles. The van der Waals surface area contributed by atoms with Crippen LogP contribution in [0.5, 0.6) is 0 Å². The molecule has 22 heavy (non-hydrogen) atoms. The van der Waals surface area contributed by atoms with E-state index < -0.39 is 17.3 Å². The van der Waals surface area contributed by atoms with Crippen LogP contribution in [0, 0.1) is 24.2 Å². The van der Waals surface area contributed by atoms with Crippen molar-refractivity contribution in [3.63, 3.8) is 0 Å². The molecule has 0 unspecified atom stereocenters. The topological polar surface area (TPSA) is 9.23 Å². The molecule has 0 bridgehead atoms. The van der Waals surface area contributed by atoms with E-state index in [1.807, 2.05) is 0 Å². The molecule has 0 radical (unpaired) electrons. The number of hydrogen-bond acceptors (Lipinski definition) is 1. The van der Waals surface area contributed by atoms with Crippen LogP contribution in [0.4, 0.5) is 13.2 Å². The van der Waals surface area contributed by atoms with E-state index >= 15 is 0 Å². The Hall–Kier alpha value is -1.91. The van der Waals surface area contributed by atoms with Crippen LogP contribution in [0.3, 0.4) is 0 Å². The number of rotatable bonds is 1. The molecule has 116 valence electrons. The van der Waals surface area contributed by atoms with E-state index in [4.69, 9.17) is 11.2 Å². The Balaban J connectivity index is 2.34. The van der Waals surface area contributed by atoms with Crippen molar-refractivity contribution >= 4 is 0 Å². The Kier molecular flexibility index (Phi) is 4.84. The first-order chi connectivity index (χ1) is 10.4. The summed E-state index contributed by atoms with van der Waals surface area (Å²) in [5, 5.41) is 0. The third-order valence-corrected chi connectivity index (χ3v) is 3.98. The van der Waals surface area contributed by atoms with Crippen LogP contribution >= 0.6 is 0 Å². The van der Waals surface area contributed by atoms with Gasteiger partial charge in [-0.2, -0.15) is 13.2 Å². The first kappa shape index (κ1) is 16.5. The molecule has 1 nitrogen and oxygen atoms in total. The van der Waals surface area contributed by atoms with Gasteiger partial charge in [0.1, 0.15) is 5.60 Å². The summed E-state index contributed by atoms with van der Waals surface area (Å²) in [5.41, 5.74) is -0.681. The fourth-order valence-electron chi connectivity index (χ4n) is 2.63. The summed E-state index contributed by atoms with van der Waals surface area (Å²) in [6.45, 7) is 0. The van der Waals surface area contributed by atoms with Gasteiger partial charge in [-0.3, -0.25) is 0 Å². The number of terminal acetylenes is 1. The van der Waals surface area contributed by atoms with Crippen LogP contribution in [0.1, 0.15) is 48.8 Å². The molecule has 1 aromatic carbocycles. The van der Waals surface area contributed by atoms with Gasteiger partial charge in [0.2, 0.25) is 0 Å². The summed E-state index contributed by atoms with van der Waals surface area (Å²) in [4.78, 5) is 0. The number of halogens is 3. The van der Waals surface area contributed by atoms with Crippen molar-refractivity contribution in [3.8, 4) is 24.2 Å². The molecule has 1 aromatic rings. The Morgan fingerprint density at radius 1 is 1.14 bits per heavy atom. The number of ether oxygens (including phenoxy) is 1. The second-order valence-corrected chi connectivity index (χ2v) is 5.41. The molecule has 1 aliphatic rings. The zero-order valence-electron chi connectivity index (χ0n) is 12.4. The predicted molar refractivity (Wildman–Crippen MR) is 79.1 cm³/mol. The SMILES string of the molecule is C#Cc1cc(C(F)(F)F)ccc1C#CC1(OC)CCCCC1. The second-order valence-electron chi connectivity index (χ2n) is 5.41. The van der Waals surface area contributed by atoms with Crippen LogP contribution in [-0.4, -0.2) is 12.7 Å². The molecule has 0 spiro atoms. The minimum Gasteiger partial charge on any atom is -0.366 e. The highest BCUT2D eigenvalue weighted by Crippen LogP contribution is 2.32. The van der Waals surface area contributed by atoms with Gasteiger partial charge in [0.25, 0.3) is 0 Å². The van der Waals surface area contributed by atoms with Crippen LogP contribution in [0.15, 0.2) is 18.2 Å². The van der Waals surface area contributed by atoms with E-state index in [1.54, 1.807) is 7.11 Å². The molecular formula is C18H17F3O. The highest BCUT2D eigenvalue weighted by atomic mass is 19.4. The van der Waals surface area contributed by atoms with E-state index in [1.165, 1.54) is 6.07 Å². The first-order valence-corrected chi connectivity index (χ1v) is 7.16. The standard InChI is InChI=1S/C18H17F3O/c1-3-14-13-16(18(19,20)21)8-7-15(14)9-12-17(22-2)10-5-4-6-11-17/h1,7-8,13H,4-6,10-11H2,2H3. The lowest BCUT2D eigenvalue weighted by molar-refractivity contribution is -0.137. The fraction of sp³-hybridized carbons (Fsp3) is 0.444. The number of alkyl halides is 3. The molecule has 0 atom stereocenters. The maximum atomic E-state index is 12.7. The summed E-state index contributed by atoms with van der Waals surface area (Å²) >= 11 is 0. The molecule has 4 heteroatoms. The van der Waals surface area contributed by atoms with E-state index in [0.29, 0.717) is 5.56 Å². The summed E-state index contributed by atoms with van der Waals surface area (Å²) < 4.78 is 43.7. The molecule has 0 aromatic heterocycles. The van der Waals surface area contributed by atoms with Crippen molar-refractivity contribution in [1.82, 2.24) is 0 Å². The van der Waals surface area contributed by atoms with E-state index in [0.717, 1.165) is 44.2 Å². The van der Waals surface area contributed by atoms with Crippen molar-refractivity contribution in [2.45, 2.75) is 43.9 Å². The maximum absolute atomic E-state index is 12.7. The van der Waals surface area contributed by atoms with Gasteiger partial charge in [0, 0.05) is 18.2 Å². The number of methoxy groups -OCH3 is 1. The predicted octanol–water partition coefficient (Wildman–Crippen LogP) is 4.39. The summed E-state index contributed by atoms with van der Waals surface area (Å²) in [6.07, 6.45) is 5.82. The van der Waals surface area contributed by atoms with Gasteiger partial charge in [-0.15, -0.1) is 6.42 Å². The Bertz CT molecular complexity index is 635. The summed E-state index contributed by atoms with van der Waals surface area (Å²) in [5.74, 6) is 8.29. The minimum absolute atomic E-state index is 0.157. The fourth-order valence-corrected chi connectivity index (χ4v) is 2.63. The normalized spacial score (nSPS) is 17.2. The molecule has 0 amide bonds. The van der Waals surface area contributed by atoms with E-state index in [9.17, 15) is 13.2 Å². The zero-order valence-corrected chi connectivity index (χ0v) is 12.4. The summed E-state index contributed by atoms with van der Waals surface area (Å²) in [7, 11) is 1.62. The Morgan fingerprint density at radius 2 is 1.82 bits per heavy atom. The monoisotopic (exact) mass is 306 g/mol. The molecule has 1 saturated carbocycles. The lowest BCUT2D eigenvalue weighted by Gasteiger charge is -2.30. The third-order valence-electron chi connectivity index (χ3n) is 3.98. The van der Waals surface area contributed by atoms with Crippen LogP contribution in [0.25, 0.3) is 0 Å². The van der Waals surface area contributed by atoms with Crippen molar-refractivity contribution < 1.29 is 17.9 Å². The maximum Gasteiger partial charge on any atom is 0.416 e. The Labute approximate surface area is 128 Å². The van der Waals surface area contributed by atoms with Crippen molar-refractivity contribution in [1.29, 1.82) is 0 Å². The summed E-state index contributed by atoms with van der Waals surface area (Å²) in [6, 6.07) is 3.30. The average molecular weight is 306 g/mol. The third kappa shape index (κ3) is 3.64. The molecule has 0 N–H and O–H groups in total. The van der Waals surface area contributed by atoms with Crippen LogP contribution < -0.4 is 0 Å². The number of benzene rings is 1. The quantitative estimate of drug-likeness (QED) is 0.699. The number of hydrogen-bond donors (Lipinski definition) is 0. The van der Waals surface area contributed by atoms with Gasteiger partial charge in [-0.05, 0) is 43.9 Å². The average Bonchev–Trinajstić information content (AvgIpc) is 2.52. The highest BCUT2D eigenvalue weighted by Gasteiger charge is 2.31. The molecule has 0 saturated heterocycles. The van der Waals surface area contributed by atoms with Crippen LogP contribution in [-0.2, 0) is 10.9 Å². The first-order valence-electron chi connectivity index (χ1n) is 7.16. The molecule has 0 aliphatic heterocycles. The molecule has 0 heterocycles. The van der Waals surface area contributed by atoms with Gasteiger partial charge in [0.15, 0.2) is 0 Å². The molecule has 1 fully saturated rings. The van der Waals surface area contributed by atoms with Gasteiger partial charge < -0.3 is 4.74 Å². The van der Waals surface area contributed by atoms with Gasteiger partial charge in [-0.1, -0.05) is 24.2 Å². The van der Waals surface area contributed by atoms with Gasteiger partial charge in [0.05, 0.1) is 5.56 Å². The molecular weight excluding hydrogens is 289 g/mol. The van der Waals surface area contributed by atoms with E-state index in [-0.39, 0.29) is 5.56 Å². The van der Waals surface area contributed by atoms with Crippen LogP contribution in [0.2, 0.25) is 0 Å². The van der Waals surface area contributed by atoms with Crippen molar-refractivity contribution in [2.75, 3.05) is 7.11 Å². The zero-order chi connectivity index (χ0) is 16.2. The molecule has 2 rings (SSSR count). The lowest BCUT2D eigenvalue weighted by Crippen LogP contribution is -2.32. The lowest BCUT2D eigenvalue weighted by atomic mass is 9.85. The van der Waals surface area contributed by atoms with Gasteiger partial charge in [-0.25, -0.2) is 0 Å². The van der Waals surface area contributed by atoms with Crippen molar-refractivity contribution in [2.24, 2.45) is 0 Å². The van der Waals surface area contributed by atoms with Gasteiger partial charge >= 0.3 is 6.18 Å². The smallest absolute Gasteiger partial charge is 0.366 e. The second kappa shape index (κ2) is 6.46. The Morgan fingerprint density at radius 3 is 2.36 bits per heavy atom. The largest absolute Gasteiger partial charge is 0.416 e.